The van der Waals surface area contributed by atoms with Crippen molar-refractivity contribution in [3.63, 3.8) is 0 Å². The Labute approximate surface area is 133 Å². The summed E-state index contributed by atoms with van der Waals surface area (Å²) in [5.41, 5.74) is 3.62. The van der Waals surface area contributed by atoms with Crippen LogP contribution in [0.5, 0.6) is 0 Å². The van der Waals surface area contributed by atoms with Crippen molar-refractivity contribution >= 4 is 28.4 Å². The molecule has 1 aromatic heterocycles. The topological polar surface area (TPSA) is 97.6 Å². The maximum Gasteiger partial charge on any atom is 0.358 e. The highest BCUT2D eigenvalue weighted by molar-refractivity contribution is 8.02. The van der Waals surface area contributed by atoms with Gasteiger partial charge in [-0.25, -0.2) is 5.43 Å². The van der Waals surface area contributed by atoms with E-state index in [1.807, 2.05) is 36.6 Å². The van der Waals surface area contributed by atoms with Crippen LogP contribution in [-0.2, 0) is 4.39 Å². The van der Waals surface area contributed by atoms with Gasteiger partial charge in [-0.3, -0.25) is 0 Å². The normalized spacial score (nSPS) is 15.0. The lowest BCUT2D eigenvalue weighted by Crippen LogP contribution is -2.65. The van der Waals surface area contributed by atoms with Crippen molar-refractivity contribution in [3.05, 3.63) is 47.3 Å². The largest absolute Gasteiger partial charge is 0.358 e. The van der Waals surface area contributed by atoms with Crippen molar-refractivity contribution < 1.29 is 33.3 Å². The molecule has 116 valence electrons. The molecule has 0 amide bonds. The molecule has 0 saturated heterocycles. The minimum absolute atomic E-state index is 0.417. The van der Waals surface area contributed by atoms with Crippen LogP contribution in [0.2, 0.25) is 0 Å². The molecule has 1 aliphatic rings. The molecule has 22 heavy (non-hydrogen) atoms. The minimum Gasteiger partial charge on any atom is -0.213 e. The van der Waals surface area contributed by atoms with E-state index in [9.17, 15) is 14.0 Å². The van der Waals surface area contributed by atoms with E-state index in [2.05, 4.69) is 9.82 Å². The van der Waals surface area contributed by atoms with Gasteiger partial charge in [0.2, 0.25) is 0 Å². The lowest BCUT2D eigenvalue weighted by Gasteiger charge is -2.23. The monoisotopic (exact) mass is 342 g/mol. The molecular formula is C13H13ClN3O4S+. The van der Waals surface area contributed by atoms with Crippen molar-refractivity contribution in [2.75, 3.05) is 16.7 Å². The van der Waals surface area contributed by atoms with Crippen LogP contribution in [0.15, 0.2) is 47.3 Å². The van der Waals surface area contributed by atoms with Gasteiger partial charge in [-0.2, -0.15) is 14.0 Å². The van der Waals surface area contributed by atoms with Gasteiger partial charge in [0.05, 0.1) is 10.4 Å². The first-order valence-corrected chi connectivity index (χ1v) is 8.72. The quantitative estimate of drug-likeness (QED) is 0.705. The Hall–Kier alpha value is -1.55. The van der Waals surface area contributed by atoms with Gasteiger partial charge in [0.15, 0.2) is 10.7 Å². The van der Waals surface area contributed by atoms with Gasteiger partial charge in [-0.1, -0.05) is 18.2 Å². The molecule has 1 N–H and O–H groups in total. The maximum atomic E-state index is 11.1. The smallest absolute Gasteiger partial charge is 0.213 e. The molecule has 3 rings (SSSR count). The molecule has 1 aliphatic heterocycles. The van der Waals surface area contributed by atoms with E-state index in [4.69, 9.17) is 0 Å². The fourth-order valence-electron chi connectivity index (χ4n) is 2.30. The van der Waals surface area contributed by atoms with Gasteiger partial charge < -0.3 is 0 Å². The fraction of sp³-hybridized carbons (Fsp3) is 0.154. The number of rotatable bonds is 3. The molecule has 0 aliphatic carbocycles. The molecule has 0 bridgehead atoms. The second-order valence-electron chi connectivity index (χ2n) is 4.57. The van der Waals surface area contributed by atoms with Crippen LogP contribution in [0.4, 0.5) is 5.82 Å². The van der Waals surface area contributed by atoms with E-state index in [1.165, 1.54) is 11.8 Å². The van der Waals surface area contributed by atoms with E-state index >= 15 is 0 Å². The summed E-state index contributed by atoms with van der Waals surface area (Å²) < 4.78 is 39.5. The molecule has 9 heteroatoms. The Morgan fingerprint density at radius 2 is 1.95 bits per heavy atom. The predicted octanol–water partition coefficient (Wildman–Crippen LogP) is -1.13. The van der Waals surface area contributed by atoms with E-state index in [1.54, 1.807) is 17.8 Å². The van der Waals surface area contributed by atoms with Crippen LogP contribution in [0.25, 0.3) is 10.8 Å². The molecule has 2 heterocycles. The van der Waals surface area contributed by atoms with Gasteiger partial charge in [-0.15, -0.1) is 16.4 Å². The number of hydroxylamine groups is 1. The molecule has 2 aromatic rings. The lowest BCUT2D eigenvalue weighted by molar-refractivity contribution is -1.92. The van der Waals surface area contributed by atoms with Crippen molar-refractivity contribution in [3.8, 4) is 0 Å². The Bertz CT molecular complexity index is 763. The SMILES string of the molecule is CSC1=C(C)N(O[Cl+3]([O-])([O-])[O-])c2c3ccccc3cc[n+]2N1. The summed E-state index contributed by atoms with van der Waals surface area (Å²) in [5.74, 6) is 0.417. The second kappa shape index (κ2) is 5.58. The first kappa shape index (κ1) is 15.3. The number of hydrogen-bond acceptors (Lipinski definition) is 7. The zero-order valence-electron chi connectivity index (χ0n) is 11.8. The summed E-state index contributed by atoms with van der Waals surface area (Å²) >= 11 is 1.38. The van der Waals surface area contributed by atoms with Crippen LogP contribution in [-0.4, -0.2) is 6.26 Å². The number of anilines is 1. The van der Waals surface area contributed by atoms with Crippen molar-refractivity contribution in [1.29, 1.82) is 0 Å². The molecule has 7 nitrogen and oxygen atoms in total. The van der Waals surface area contributed by atoms with Crippen LogP contribution in [0.3, 0.4) is 0 Å². The van der Waals surface area contributed by atoms with Crippen molar-refractivity contribution in [2.24, 2.45) is 0 Å². The van der Waals surface area contributed by atoms with Gasteiger partial charge in [0, 0.05) is 6.92 Å². The zero-order chi connectivity index (χ0) is 15.9. The summed E-state index contributed by atoms with van der Waals surface area (Å²) in [7, 11) is -4.62. The van der Waals surface area contributed by atoms with Crippen LogP contribution in [0.1, 0.15) is 6.92 Å². The predicted molar refractivity (Wildman–Crippen MR) is 73.3 cm³/mol. The number of allylic oxidation sites excluding steroid dienone is 1. The molecular weight excluding hydrogens is 330 g/mol. The van der Waals surface area contributed by atoms with Gasteiger partial charge in [0.25, 0.3) is 4.39 Å². The van der Waals surface area contributed by atoms with E-state index in [0.717, 1.165) is 15.8 Å². The zero-order valence-corrected chi connectivity index (χ0v) is 13.4. The first-order valence-electron chi connectivity index (χ1n) is 6.26. The molecule has 0 unspecified atom stereocenters. The number of fused-ring (bicyclic) bond motifs is 3. The third-order valence-electron chi connectivity index (χ3n) is 3.24. The summed E-state index contributed by atoms with van der Waals surface area (Å²) in [4.78, 5) is 0. The van der Waals surface area contributed by atoms with Crippen LogP contribution >= 0.6 is 11.8 Å². The Kier molecular flexibility index (Phi) is 3.89. The highest BCUT2D eigenvalue weighted by Gasteiger charge is 2.44. The van der Waals surface area contributed by atoms with E-state index in [-0.39, 0.29) is 0 Å². The standard InChI is InChI=1S/C13H13ClN3O4S/c1-9-12(22-2)15-16-8-7-10-5-3-4-6-11(10)13(16)17(9)21-14(18,19)20/h3-8,15H,1-2H3/q+1. The average Bonchev–Trinajstić information content (AvgIpc) is 2.48. The first-order chi connectivity index (χ1) is 10.4. The van der Waals surface area contributed by atoms with Gasteiger partial charge in [0.1, 0.15) is 16.4 Å². The van der Waals surface area contributed by atoms with Crippen molar-refractivity contribution in [1.82, 2.24) is 0 Å². The second-order valence-corrected chi connectivity index (χ2v) is 6.28. The average molecular weight is 343 g/mol. The number of thioether (sulfide) groups is 1. The Morgan fingerprint density at radius 3 is 2.64 bits per heavy atom. The van der Waals surface area contributed by atoms with E-state index in [0.29, 0.717) is 16.5 Å². The molecule has 0 atom stereocenters. The van der Waals surface area contributed by atoms with Crippen LogP contribution < -0.4 is 29.1 Å². The summed E-state index contributed by atoms with van der Waals surface area (Å²) in [6.07, 6.45) is 3.57. The molecule has 0 fully saturated rings. The molecule has 0 spiro atoms. The van der Waals surface area contributed by atoms with Crippen molar-refractivity contribution in [2.45, 2.75) is 6.92 Å². The molecule has 1 aromatic carbocycles. The third kappa shape index (κ3) is 2.72. The Morgan fingerprint density at radius 1 is 1.23 bits per heavy atom. The summed E-state index contributed by atoms with van der Waals surface area (Å²) in [6, 6.07) is 9.30. The number of halogens is 1. The lowest BCUT2D eigenvalue weighted by atomic mass is 10.1. The van der Waals surface area contributed by atoms with Crippen LogP contribution in [0, 0.1) is 10.2 Å². The number of aromatic nitrogens is 1. The Balaban J connectivity index is 2.23. The number of benzene rings is 1. The van der Waals surface area contributed by atoms with Gasteiger partial charge in [-0.05, 0) is 23.8 Å². The highest BCUT2D eigenvalue weighted by Crippen LogP contribution is 2.32. The maximum absolute atomic E-state index is 11.1. The number of pyridine rings is 1. The number of hydrogen-bond donors (Lipinski definition) is 1. The number of nitrogens with zero attached hydrogens (tertiary/aromatic N) is 2. The van der Waals surface area contributed by atoms with E-state index < -0.39 is 10.2 Å². The molecule has 0 radical (unpaired) electrons. The summed E-state index contributed by atoms with van der Waals surface area (Å²) in [6.45, 7) is 1.67. The highest BCUT2D eigenvalue weighted by atomic mass is 35.7. The van der Waals surface area contributed by atoms with Gasteiger partial charge >= 0.3 is 5.82 Å². The minimum atomic E-state index is -4.62. The summed E-state index contributed by atoms with van der Waals surface area (Å²) in [5, 5.41) is 3.35. The third-order valence-corrected chi connectivity index (χ3v) is 4.34. The number of nitrogens with one attached hydrogen (secondary N) is 1. The fourth-order valence-corrected chi connectivity index (χ4v) is 3.21. The molecule has 0 saturated carbocycles.